The number of nitro groups is 1. The van der Waals surface area contributed by atoms with Gasteiger partial charge in [0.05, 0.1) is 4.92 Å². The van der Waals surface area contributed by atoms with Crippen molar-refractivity contribution in [2.45, 2.75) is 19.3 Å². The van der Waals surface area contributed by atoms with E-state index in [1.54, 1.807) is 18.2 Å². The second-order valence-corrected chi connectivity index (χ2v) is 9.77. The molecule has 2 aliphatic rings. The third kappa shape index (κ3) is 5.80. The quantitative estimate of drug-likeness (QED) is 0.230. The van der Waals surface area contributed by atoms with Crippen molar-refractivity contribution in [2.75, 3.05) is 49.1 Å². The van der Waals surface area contributed by atoms with E-state index < -0.39 is 0 Å². The SMILES string of the molecule is O=C(C=Cc1ccc(-c2ccc(Cl)cc2)o1)N1CCN(c2ccc([N+](=O)[O-])c(N3CCCCC3)c2)CC1. The van der Waals surface area contributed by atoms with E-state index in [0.29, 0.717) is 48.4 Å². The van der Waals surface area contributed by atoms with Gasteiger partial charge in [-0.1, -0.05) is 11.6 Å². The van der Waals surface area contributed by atoms with Crippen LogP contribution < -0.4 is 9.80 Å². The molecule has 37 heavy (non-hydrogen) atoms. The second kappa shape index (κ2) is 11.1. The molecule has 192 valence electrons. The van der Waals surface area contributed by atoms with E-state index in [1.165, 1.54) is 0 Å². The highest BCUT2D eigenvalue weighted by atomic mass is 35.5. The Hall–Kier alpha value is -3.78. The Morgan fingerprint density at radius 3 is 2.32 bits per heavy atom. The number of piperazine rings is 1. The van der Waals surface area contributed by atoms with Crippen LogP contribution >= 0.6 is 11.6 Å². The lowest BCUT2D eigenvalue weighted by Crippen LogP contribution is -2.48. The number of furan rings is 1. The highest BCUT2D eigenvalue weighted by Crippen LogP contribution is 2.34. The van der Waals surface area contributed by atoms with Crippen molar-refractivity contribution in [3.8, 4) is 11.3 Å². The van der Waals surface area contributed by atoms with Gasteiger partial charge in [-0.25, -0.2) is 0 Å². The lowest BCUT2D eigenvalue weighted by Gasteiger charge is -2.36. The number of anilines is 2. The van der Waals surface area contributed by atoms with Gasteiger partial charge in [-0.3, -0.25) is 14.9 Å². The number of halogens is 1. The molecule has 3 heterocycles. The Morgan fingerprint density at radius 1 is 0.892 bits per heavy atom. The van der Waals surface area contributed by atoms with Gasteiger partial charge in [0.2, 0.25) is 5.91 Å². The fraction of sp³-hybridized carbons (Fsp3) is 0.321. The summed E-state index contributed by atoms with van der Waals surface area (Å²) >= 11 is 5.95. The first-order chi connectivity index (χ1) is 18.0. The third-order valence-corrected chi connectivity index (χ3v) is 7.21. The molecule has 3 aromatic rings. The molecular formula is C28H29ClN4O4. The van der Waals surface area contributed by atoms with Crippen molar-refractivity contribution < 1.29 is 14.1 Å². The number of nitro benzene ring substituents is 1. The number of amides is 1. The van der Waals surface area contributed by atoms with E-state index in [2.05, 4.69) is 9.80 Å². The van der Waals surface area contributed by atoms with Crippen molar-refractivity contribution >= 4 is 40.6 Å². The van der Waals surface area contributed by atoms with Crippen LogP contribution in [0.4, 0.5) is 17.1 Å². The molecule has 8 nitrogen and oxygen atoms in total. The molecule has 2 aromatic carbocycles. The van der Waals surface area contributed by atoms with Gasteiger partial charge in [0.1, 0.15) is 17.2 Å². The number of hydrogen-bond donors (Lipinski definition) is 0. The monoisotopic (exact) mass is 520 g/mol. The van der Waals surface area contributed by atoms with Crippen LogP contribution in [-0.2, 0) is 4.79 Å². The Labute approximate surface area is 220 Å². The summed E-state index contributed by atoms with van der Waals surface area (Å²) in [7, 11) is 0. The molecule has 9 heteroatoms. The molecule has 5 rings (SSSR count). The van der Waals surface area contributed by atoms with Gasteiger partial charge >= 0.3 is 0 Å². The fourth-order valence-corrected chi connectivity index (χ4v) is 5.03. The van der Waals surface area contributed by atoms with Crippen LogP contribution in [0.25, 0.3) is 17.4 Å². The number of carbonyl (C=O) groups is 1. The number of nitrogens with zero attached hydrogens (tertiary/aromatic N) is 4. The van der Waals surface area contributed by atoms with Crippen molar-refractivity contribution in [3.05, 3.63) is 81.6 Å². The largest absolute Gasteiger partial charge is 0.457 e. The molecule has 1 aromatic heterocycles. The normalized spacial score (nSPS) is 16.4. The number of rotatable bonds is 6. The van der Waals surface area contributed by atoms with Gasteiger partial charge in [-0.15, -0.1) is 0 Å². The van der Waals surface area contributed by atoms with E-state index in [-0.39, 0.29) is 16.5 Å². The summed E-state index contributed by atoms with van der Waals surface area (Å²) in [5.74, 6) is 1.25. The topological polar surface area (TPSA) is 83.1 Å². The fourth-order valence-electron chi connectivity index (χ4n) is 4.91. The van der Waals surface area contributed by atoms with Crippen molar-refractivity contribution in [3.63, 3.8) is 0 Å². The minimum Gasteiger partial charge on any atom is -0.457 e. The molecule has 2 aliphatic heterocycles. The maximum atomic E-state index is 12.8. The Balaban J connectivity index is 1.20. The molecule has 0 bridgehead atoms. The van der Waals surface area contributed by atoms with Crippen LogP contribution in [0.3, 0.4) is 0 Å². The molecule has 0 saturated carbocycles. The summed E-state index contributed by atoms with van der Waals surface area (Å²) in [6.45, 7) is 4.17. The van der Waals surface area contributed by atoms with E-state index in [9.17, 15) is 14.9 Å². The lowest BCUT2D eigenvalue weighted by molar-refractivity contribution is -0.384. The summed E-state index contributed by atoms with van der Waals surface area (Å²) in [5, 5.41) is 12.3. The minimum atomic E-state index is -0.298. The van der Waals surface area contributed by atoms with Crippen LogP contribution in [0.2, 0.25) is 5.02 Å². The van der Waals surface area contributed by atoms with Crippen LogP contribution in [0.1, 0.15) is 25.0 Å². The average molecular weight is 521 g/mol. The molecule has 2 saturated heterocycles. The Bertz CT molecular complexity index is 1290. The van der Waals surface area contributed by atoms with E-state index in [0.717, 1.165) is 43.6 Å². The number of piperidine rings is 1. The first-order valence-corrected chi connectivity index (χ1v) is 13.0. The molecule has 0 N–H and O–H groups in total. The van der Waals surface area contributed by atoms with E-state index >= 15 is 0 Å². The van der Waals surface area contributed by atoms with Gasteiger partial charge in [-0.2, -0.15) is 0 Å². The van der Waals surface area contributed by atoms with Gasteiger partial charge in [0, 0.05) is 67.7 Å². The first-order valence-electron chi connectivity index (χ1n) is 12.6. The molecule has 0 radical (unpaired) electrons. The maximum absolute atomic E-state index is 12.8. The highest BCUT2D eigenvalue weighted by Gasteiger charge is 2.25. The van der Waals surface area contributed by atoms with E-state index in [1.807, 2.05) is 53.4 Å². The number of carbonyl (C=O) groups excluding carboxylic acids is 1. The number of benzene rings is 2. The Kier molecular flexibility index (Phi) is 7.46. The van der Waals surface area contributed by atoms with Crippen molar-refractivity contribution in [2.24, 2.45) is 0 Å². The zero-order valence-electron chi connectivity index (χ0n) is 20.5. The van der Waals surface area contributed by atoms with Gasteiger partial charge < -0.3 is 19.1 Å². The number of hydrogen-bond acceptors (Lipinski definition) is 6. The standard InChI is InChI=1S/C28H29ClN4O4/c29-22-6-4-21(5-7-22)27-12-9-24(37-27)10-13-28(34)32-18-16-30(17-19-32)23-8-11-25(33(35)36)26(20-23)31-14-2-1-3-15-31/h4-13,20H,1-3,14-19H2. The zero-order valence-corrected chi connectivity index (χ0v) is 21.3. The minimum absolute atomic E-state index is 0.0678. The summed E-state index contributed by atoms with van der Waals surface area (Å²) < 4.78 is 5.85. The van der Waals surface area contributed by atoms with Crippen LogP contribution in [0.15, 0.2) is 65.1 Å². The highest BCUT2D eigenvalue weighted by molar-refractivity contribution is 6.30. The predicted molar refractivity (Wildman–Crippen MR) is 146 cm³/mol. The van der Waals surface area contributed by atoms with Crippen molar-refractivity contribution in [1.82, 2.24) is 4.90 Å². The van der Waals surface area contributed by atoms with Crippen LogP contribution in [0, 0.1) is 10.1 Å². The molecule has 0 unspecified atom stereocenters. The van der Waals surface area contributed by atoms with Gasteiger partial charge in [0.15, 0.2) is 0 Å². The summed E-state index contributed by atoms with van der Waals surface area (Å²) in [4.78, 5) is 30.2. The average Bonchev–Trinajstić information content (AvgIpc) is 3.41. The molecule has 0 aliphatic carbocycles. The van der Waals surface area contributed by atoms with Gasteiger partial charge in [0.25, 0.3) is 5.69 Å². The van der Waals surface area contributed by atoms with Gasteiger partial charge in [-0.05, 0) is 73.9 Å². The van der Waals surface area contributed by atoms with E-state index in [4.69, 9.17) is 16.0 Å². The smallest absolute Gasteiger partial charge is 0.292 e. The molecule has 1 amide bonds. The molecule has 0 spiro atoms. The summed E-state index contributed by atoms with van der Waals surface area (Å²) in [5.41, 5.74) is 2.72. The summed E-state index contributed by atoms with van der Waals surface area (Å²) in [6, 6.07) is 16.5. The first kappa shape index (κ1) is 24.9. The van der Waals surface area contributed by atoms with Crippen LogP contribution in [0.5, 0.6) is 0 Å². The molecular weight excluding hydrogens is 492 g/mol. The van der Waals surface area contributed by atoms with Crippen molar-refractivity contribution in [1.29, 1.82) is 0 Å². The second-order valence-electron chi connectivity index (χ2n) is 9.33. The zero-order chi connectivity index (χ0) is 25.8. The third-order valence-electron chi connectivity index (χ3n) is 6.95. The lowest BCUT2D eigenvalue weighted by atomic mass is 10.1. The summed E-state index contributed by atoms with van der Waals surface area (Å²) in [6.07, 6.45) is 6.50. The molecule has 2 fully saturated rings. The predicted octanol–water partition coefficient (Wildman–Crippen LogP) is 5.86. The van der Waals surface area contributed by atoms with Crippen LogP contribution in [-0.4, -0.2) is 55.0 Å². The Morgan fingerprint density at radius 2 is 1.62 bits per heavy atom. The molecule has 0 atom stereocenters. The maximum Gasteiger partial charge on any atom is 0.292 e.